The number of hydrogen-bond acceptors (Lipinski definition) is 1. The van der Waals surface area contributed by atoms with Gasteiger partial charge < -0.3 is 5.11 Å². The van der Waals surface area contributed by atoms with Crippen molar-refractivity contribution in [3.05, 3.63) is 18.7 Å². The molecular weight excluding hydrogens is 140 g/mol. The van der Waals surface area contributed by atoms with Crippen molar-refractivity contribution >= 4 is 0 Å². The number of aliphatic hydroxyl groups is 1. The first-order valence-electron chi connectivity index (χ1n) is 3.87. The van der Waals surface area contributed by atoms with Crippen LogP contribution in [0.2, 0.25) is 0 Å². The summed E-state index contributed by atoms with van der Waals surface area (Å²) in [6.07, 6.45) is 6.60. The molecule has 0 radical (unpaired) electrons. The van der Waals surface area contributed by atoms with Crippen molar-refractivity contribution in [1.29, 1.82) is 0 Å². The highest BCUT2D eigenvalue weighted by atomic mass is 16.3. The van der Waals surface area contributed by atoms with Crippen LogP contribution in [0.15, 0.2) is 18.7 Å². The number of aryl methyl sites for hydroxylation is 2. The molecular formula is C8H15N2O+. The van der Waals surface area contributed by atoms with Crippen molar-refractivity contribution in [2.45, 2.75) is 26.0 Å². The SMILES string of the molecule is C[C@H](O)CCn1cc[n+](C)c1. The number of aliphatic hydroxyl groups excluding tert-OH is 1. The molecule has 0 unspecified atom stereocenters. The third-order valence-corrected chi connectivity index (χ3v) is 1.63. The van der Waals surface area contributed by atoms with E-state index in [1.807, 2.05) is 37.3 Å². The normalized spacial score (nSPS) is 13.4. The van der Waals surface area contributed by atoms with Crippen LogP contribution in [-0.2, 0) is 13.6 Å². The summed E-state index contributed by atoms with van der Waals surface area (Å²) < 4.78 is 4.05. The zero-order chi connectivity index (χ0) is 8.27. The Morgan fingerprint density at radius 3 is 2.82 bits per heavy atom. The van der Waals surface area contributed by atoms with Crippen LogP contribution in [0, 0.1) is 0 Å². The summed E-state index contributed by atoms with van der Waals surface area (Å²) in [5.74, 6) is 0. The van der Waals surface area contributed by atoms with Gasteiger partial charge in [-0.1, -0.05) is 0 Å². The topological polar surface area (TPSA) is 29.0 Å². The predicted octanol–water partition coefficient (Wildman–Crippen LogP) is 0.0835. The molecule has 0 bridgehead atoms. The molecule has 0 fully saturated rings. The van der Waals surface area contributed by atoms with Gasteiger partial charge in [-0.3, -0.25) is 0 Å². The van der Waals surface area contributed by atoms with Crippen molar-refractivity contribution < 1.29 is 9.67 Å². The molecule has 11 heavy (non-hydrogen) atoms. The van der Waals surface area contributed by atoms with E-state index in [0.29, 0.717) is 0 Å². The molecule has 1 aromatic rings. The Labute approximate surface area is 66.9 Å². The van der Waals surface area contributed by atoms with E-state index in [4.69, 9.17) is 5.11 Å². The Bertz CT molecular complexity index is 218. The van der Waals surface area contributed by atoms with E-state index in [1.165, 1.54) is 0 Å². The maximum atomic E-state index is 9.00. The van der Waals surface area contributed by atoms with Gasteiger partial charge in [0.1, 0.15) is 12.4 Å². The van der Waals surface area contributed by atoms with Crippen molar-refractivity contribution in [2.24, 2.45) is 7.05 Å². The lowest BCUT2D eigenvalue weighted by atomic mass is 10.3. The number of aromatic nitrogens is 2. The minimum absolute atomic E-state index is 0.206. The second-order valence-electron chi connectivity index (χ2n) is 2.95. The Balaban J connectivity index is 2.39. The first kappa shape index (κ1) is 8.27. The lowest BCUT2D eigenvalue weighted by molar-refractivity contribution is -0.671. The maximum absolute atomic E-state index is 9.00. The zero-order valence-electron chi connectivity index (χ0n) is 7.07. The number of imidazole rings is 1. The summed E-state index contributed by atoms with van der Waals surface area (Å²) >= 11 is 0. The van der Waals surface area contributed by atoms with Crippen LogP contribution in [0.3, 0.4) is 0 Å². The maximum Gasteiger partial charge on any atom is 0.243 e. The van der Waals surface area contributed by atoms with E-state index in [1.54, 1.807) is 0 Å². The molecule has 0 saturated carbocycles. The van der Waals surface area contributed by atoms with Gasteiger partial charge in [0.15, 0.2) is 0 Å². The van der Waals surface area contributed by atoms with Crippen LogP contribution < -0.4 is 4.57 Å². The smallest absolute Gasteiger partial charge is 0.243 e. The largest absolute Gasteiger partial charge is 0.393 e. The molecule has 0 saturated heterocycles. The minimum Gasteiger partial charge on any atom is -0.393 e. The molecule has 1 rings (SSSR count). The van der Waals surface area contributed by atoms with E-state index >= 15 is 0 Å². The first-order chi connectivity index (χ1) is 5.18. The minimum atomic E-state index is -0.206. The van der Waals surface area contributed by atoms with Gasteiger partial charge in [0.05, 0.1) is 19.7 Å². The summed E-state index contributed by atoms with van der Waals surface area (Å²) in [6, 6.07) is 0. The average Bonchev–Trinajstić information content (AvgIpc) is 2.31. The summed E-state index contributed by atoms with van der Waals surface area (Å²) in [4.78, 5) is 0. The Kier molecular flexibility index (Phi) is 2.65. The van der Waals surface area contributed by atoms with Crippen molar-refractivity contribution in [2.75, 3.05) is 0 Å². The molecule has 0 aliphatic heterocycles. The van der Waals surface area contributed by atoms with Gasteiger partial charge in [-0.15, -0.1) is 0 Å². The van der Waals surface area contributed by atoms with Gasteiger partial charge in [-0.2, -0.15) is 0 Å². The van der Waals surface area contributed by atoms with Gasteiger partial charge in [-0.25, -0.2) is 9.13 Å². The molecule has 1 heterocycles. The van der Waals surface area contributed by atoms with Crippen LogP contribution in [0.25, 0.3) is 0 Å². The molecule has 62 valence electrons. The van der Waals surface area contributed by atoms with Crippen molar-refractivity contribution in [1.82, 2.24) is 4.57 Å². The van der Waals surface area contributed by atoms with Gasteiger partial charge >= 0.3 is 0 Å². The molecule has 0 aromatic carbocycles. The zero-order valence-corrected chi connectivity index (χ0v) is 7.07. The second kappa shape index (κ2) is 3.53. The quantitative estimate of drug-likeness (QED) is 0.615. The van der Waals surface area contributed by atoms with Crippen LogP contribution in [0.4, 0.5) is 0 Å². The number of rotatable bonds is 3. The molecule has 1 atom stereocenters. The van der Waals surface area contributed by atoms with Crippen LogP contribution in [0.5, 0.6) is 0 Å². The van der Waals surface area contributed by atoms with Gasteiger partial charge in [-0.05, 0) is 6.92 Å². The molecule has 1 aromatic heterocycles. The van der Waals surface area contributed by atoms with Gasteiger partial charge in [0, 0.05) is 6.42 Å². The van der Waals surface area contributed by atoms with E-state index in [-0.39, 0.29) is 6.10 Å². The first-order valence-corrected chi connectivity index (χ1v) is 3.87. The van der Waals surface area contributed by atoms with Crippen molar-refractivity contribution in [3.63, 3.8) is 0 Å². The van der Waals surface area contributed by atoms with E-state index in [2.05, 4.69) is 4.57 Å². The molecule has 0 amide bonds. The molecule has 3 heteroatoms. The highest BCUT2D eigenvalue weighted by molar-refractivity contribution is 4.66. The highest BCUT2D eigenvalue weighted by Crippen LogP contribution is 1.93. The van der Waals surface area contributed by atoms with Gasteiger partial charge in [0.2, 0.25) is 6.33 Å². The number of nitrogens with zero attached hydrogens (tertiary/aromatic N) is 2. The third-order valence-electron chi connectivity index (χ3n) is 1.63. The molecule has 3 nitrogen and oxygen atoms in total. The summed E-state index contributed by atoms with van der Waals surface area (Å²) in [6.45, 7) is 2.70. The summed E-state index contributed by atoms with van der Waals surface area (Å²) in [7, 11) is 1.98. The summed E-state index contributed by atoms with van der Waals surface area (Å²) in [5.41, 5.74) is 0. The predicted molar refractivity (Wildman–Crippen MR) is 41.9 cm³/mol. The van der Waals surface area contributed by atoms with Gasteiger partial charge in [0.25, 0.3) is 0 Å². The van der Waals surface area contributed by atoms with Crippen LogP contribution in [-0.4, -0.2) is 15.8 Å². The second-order valence-corrected chi connectivity index (χ2v) is 2.95. The fraction of sp³-hybridized carbons (Fsp3) is 0.625. The highest BCUT2D eigenvalue weighted by Gasteiger charge is 2.01. The summed E-state index contributed by atoms with van der Waals surface area (Å²) in [5, 5.41) is 9.00. The monoisotopic (exact) mass is 155 g/mol. The molecule has 0 aliphatic carbocycles. The van der Waals surface area contributed by atoms with Crippen molar-refractivity contribution in [3.8, 4) is 0 Å². The molecule has 0 spiro atoms. The fourth-order valence-electron chi connectivity index (χ4n) is 0.970. The Morgan fingerprint density at radius 1 is 1.64 bits per heavy atom. The van der Waals surface area contributed by atoms with E-state index in [9.17, 15) is 0 Å². The fourth-order valence-corrected chi connectivity index (χ4v) is 0.970. The molecule has 1 N–H and O–H groups in total. The number of hydrogen-bond donors (Lipinski definition) is 1. The standard InChI is InChI=1S/C8H15N2O/c1-8(11)3-4-10-6-5-9(2)7-10/h5-8,11H,3-4H2,1-2H3/q+1/t8-/m0/s1. The van der Waals surface area contributed by atoms with Crippen LogP contribution >= 0.6 is 0 Å². The lowest BCUT2D eigenvalue weighted by Gasteiger charge is -1.99. The Hall–Kier alpha value is -0.830. The van der Waals surface area contributed by atoms with E-state index < -0.39 is 0 Å². The Morgan fingerprint density at radius 2 is 2.36 bits per heavy atom. The van der Waals surface area contributed by atoms with Crippen LogP contribution in [0.1, 0.15) is 13.3 Å². The molecule has 0 aliphatic rings. The average molecular weight is 155 g/mol. The third kappa shape index (κ3) is 2.72. The lowest BCUT2D eigenvalue weighted by Crippen LogP contribution is -2.23. The van der Waals surface area contributed by atoms with E-state index in [0.717, 1.165) is 13.0 Å².